The van der Waals surface area contributed by atoms with Gasteiger partial charge in [0.05, 0.1) is 6.42 Å². The van der Waals surface area contributed by atoms with Crippen LogP contribution in [-0.2, 0) is 11.2 Å². The van der Waals surface area contributed by atoms with E-state index in [2.05, 4.69) is 17.4 Å². The molecular formula is C16H20N2O2. The van der Waals surface area contributed by atoms with E-state index in [0.29, 0.717) is 18.4 Å². The fourth-order valence-electron chi connectivity index (χ4n) is 3.01. The zero-order valence-electron chi connectivity index (χ0n) is 11.8. The van der Waals surface area contributed by atoms with Gasteiger partial charge in [0.15, 0.2) is 5.58 Å². The molecule has 4 heteroatoms. The van der Waals surface area contributed by atoms with Crippen molar-refractivity contribution < 1.29 is 9.32 Å². The number of carbonyl (C=O) groups is 1. The average Bonchev–Trinajstić information content (AvgIpc) is 2.85. The molecular weight excluding hydrogens is 252 g/mol. The summed E-state index contributed by atoms with van der Waals surface area (Å²) in [5.41, 5.74) is 1.46. The summed E-state index contributed by atoms with van der Waals surface area (Å²) >= 11 is 0. The van der Waals surface area contributed by atoms with Gasteiger partial charge < -0.3 is 9.84 Å². The number of fused-ring (bicyclic) bond motifs is 1. The molecule has 0 unspecified atom stereocenters. The van der Waals surface area contributed by atoms with E-state index in [0.717, 1.165) is 23.1 Å². The molecule has 20 heavy (non-hydrogen) atoms. The van der Waals surface area contributed by atoms with E-state index in [1.807, 2.05) is 24.3 Å². The molecule has 1 aliphatic carbocycles. The molecule has 1 heterocycles. The maximum Gasteiger partial charge on any atom is 0.226 e. The molecule has 0 spiro atoms. The number of carbonyl (C=O) groups excluding carboxylic acids is 1. The second-order valence-electron chi connectivity index (χ2n) is 5.74. The number of rotatable bonds is 3. The first-order valence-electron chi connectivity index (χ1n) is 7.36. The molecule has 1 fully saturated rings. The van der Waals surface area contributed by atoms with Gasteiger partial charge in [-0.25, -0.2) is 0 Å². The predicted molar refractivity (Wildman–Crippen MR) is 77.3 cm³/mol. The van der Waals surface area contributed by atoms with Gasteiger partial charge >= 0.3 is 0 Å². The highest BCUT2D eigenvalue weighted by Gasteiger charge is 2.23. The first-order chi connectivity index (χ1) is 9.74. The van der Waals surface area contributed by atoms with Crippen LogP contribution in [0, 0.1) is 5.92 Å². The fourth-order valence-corrected chi connectivity index (χ4v) is 3.01. The predicted octanol–water partition coefficient (Wildman–Crippen LogP) is 3.07. The van der Waals surface area contributed by atoms with Gasteiger partial charge in [-0.1, -0.05) is 37.1 Å². The van der Waals surface area contributed by atoms with Crippen LogP contribution < -0.4 is 5.32 Å². The summed E-state index contributed by atoms with van der Waals surface area (Å²) in [5.74, 6) is 0.615. The van der Waals surface area contributed by atoms with Crippen molar-refractivity contribution >= 4 is 16.9 Å². The second kappa shape index (κ2) is 5.65. The molecule has 2 atom stereocenters. The van der Waals surface area contributed by atoms with E-state index < -0.39 is 0 Å². The maximum absolute atomic E-state index is 12.2. The highest BCUT2D eigenvalue weighted by Crippen LogP contribution is 2.24. The number of hydrogen-bond acceptors (Lipinski definition) is 3. The lowest BCUT2D eigenvalue weighted by molar-refractivity contribution is -0.121. The maximum atomic E-state index is 12.2. The summed E-state index contributed by atoms with van der Waals surface area (Å²) in [6, 6.07) is 7.96. The van der Waals surface area contributed by atoms with Crippen LogP contribution in [0.25, 0.3) is 11.0 Å². The second-order valence-corrected chi connectivity index (χ2v) is 5.74. The topological polar surface area (TPSA) is 55.1 Å². The van der Waals surface area contributed by atoms with Crippen LogP contribution in [0.15, 0.2) is 28.8 Å². The summed E-state index contributed by atoms with van der Waals surface area (Å²) in [6.07, 6.45) is 5.08. The quantitative estimate of drug-likeness (QED) is 0.934. The van der Waals surface area contributed by atoms with Crippen molar-refractivity contribution in [1.82, 2.24) is 10.5 Å². The van der Waals surface area contributed by atoms with Crippen LogP contribution in [0.4, 0.5) is 0 Å². The fraction of sp³-hybridized carbons (Fsp3) is 0.500. The van der Waals surface area contributed by atoms with Crippen molar-refractivity contribution in [3.63, 3.8) is 0 Å². The standard InChI is InChI=1S/C16H20N2O2/c1-11-6-2-4-8-13(11)17-16(19)10-14-12-7-3-5-9-15(12)20-18-14/h3,5,7,9,11,13H,2,4,6,8,10H2,1H3,(H,17,19)/t11-,13+/m0/s1. The molecule has 0 saturated heterocycles. The highest BCUT2D eigenvalue weighted by atomic mass is 16.5. The van der Waals surface area contributed by atoms with Crippen LogP contribution in [0.2, 0.25) is 0 Å². The van der Waals surface area contributed by atoms with Crippen LogP contribution in [0.3, 0.4) is 0 Å². The van der Waals surface area contributed by atoms with Gasteiger partial charge in [0.2, 0.25) is 5.91 Å². The molecule has 1 N–H and O–H groups in total. The molecule has 0 aliphatic heterocycles. The molecule has 0 bridgehead atoms. The Hall–Kier alpha value is -1.84. The van der Waals surface area contributed by atoms with Crippen molar-refractivity contribution in [3.8, 4) is 0 Å². The molecule has 0 radical (unpaired) electrons. The Labute approximate surface area is 118 Å². The Kier molecular flexibility index (Phi) is 3.72. The van der Waals surface area contributed by atoms with Gasteiger partial charge in [-0.15, -0.1) is 0 Å². The van der Waals surface area contributed by atoms with Gasteiger partial charge in [0.1, 0.15) is 5.69 Å². The lowest BCUT2D eigenvalue weighted by atomic mass is 9.86. The molecule has 1 amide bonds. The van der Waals surface area contributed by atoms with Gasteiger partial charge in [-0.2, -0.15) is 0 Å². The molecule has 1 aliphatic rings. The minimum atomic E-state index is 0.0443. The Balaban J connectivity index is 1.66. The molecule has 2 aromatic rings. The molecule has 4 nitrogen and oxygen atoms in total. The Morgan fingerprint density at radius 2 is 2.15 bits per heavy atom. The number of benzene rings is 1. The van der Waals surface area contributed by atoms with Crippen molar-refractivity contribution in [1.29, 1.82) is 0 Å². The van der Waals surface area contributed by atoms with E-state index in [1.165, 1.54) is 19.3 Å². The number of para-hydroxylation sites is 1. The lowest BCUT2D eigenvalue weighted by Crippen LogP contribution is -2.41. The Morgan fingerprint density at radius 1 is 1.35 bits per heavy atom. The minimum Gasteiger partial charge on any atom is -0.356 e. The summed E-state index contributed by atoms with van der Waals surface area (Å²) in [5, 5.41) is 8.09. The molecule has 1 saturated carbocycles. The molecule has 3 rings (SSSR count). The summed E-state index contributed by atoms with van der Waals surface area (Å²) < 4.78 is 5.23. The van der Waals surface area contributed by atoms with E-state index >= 15 is 0 Å². The first kappa shape index (κ1) is 13.2. The minimum absolute atomic E-state index is 0.0443. The SMILES string of the molecule is C[C@H]1CCCC[C@H]1NC(=O)Cc1noc2ccccc12. The van der Waals surface area contributed by atoms with E-state index in [9.17, 15) is 4.79 Å². The third kappa shape index (κ3) is 2.69. The van der Waals surface area contributed by atoms with Gasteiger partial charge in [0, 0.05) is 11.4 Å². The smallest absolute Gasteiger partial charge is 0.226 e. The Bertz CT molecular complexity index is 605. The normalized spacial score (nSPS) is 22.9. The highest BCUT2D eigenvalue weighted by molar-refractivity contribution is 5.86. The number of nitrogens with zero attached hydrogens (tertiary/aromatic N) is 1. The van der Waals surface area contributed by atoms with Crippen molar-refractivity contribution in [3.05, 3.63) is 30.0 Å². The number of amides is 1. The lowest BCUT2D eigenvalue weighted by Gasteiger charge is -2.29. The largest absolute Gasteiger partial charge is 0.356 e. The number of aromatic nitrogens is 1. The van der Waals surface area contributed by atoms with Crippen LogP contribution in [-0.4, -0.2) is 17.1 Å². The van der Waals surface area contributed by atoms with Gasteiger partial charge in [-0.05, 0) is 30.9 Å². The molecule has 1 aromatic carbocycles. The van der Waals surface area contributed by atoms with Crippen molar-refractivity contribution in [2.75, 3.05) is 0 Å². The number of nitrogens with one attached hydrogen (secondary N) is 1. The first-order valence-corrected chi connectivity index (χ1v) is 7.36. The third-order valence-electron chi connectivity index (χ3n) is 4.24. The van der Waals surface area contributed by atoms with E-state index in [4.69, 9.17) is 4.52 Å². The van der Waals surface area contributed by atoms with Gasteiger partial charge in [0.25, 0.3) is 0 Å². The monoisotopic (exact) mass is 272 g/mol. The van der Waals surface area contributed by atoms with E-state index in [1.54, 1.807) is 0 Å². The van der Waals surface area contributed by atoms with Gasteiger partial charge in [-0.3, -0.25) is 4.79 Å². The van der Waals surface area contributed by atoms with Crippen LogP contribution >= 0.6 is 0 Å². The van der Waals surface area contributed by atoms with Crippen LogP contribution in [0.5, 0.6) is 0 Å². The summed E-state index contributed by atoms with van der Waals surface area (Å²) in [6.45, 7) is 2.22. The summed E-state index contributed by atoms with van der Waals surface area (Å²) in [7, 11) is 0. The zero-order chi connectivity index (χ0) is 13.9. The number of hydrogen-bond donors (Lipinski definition) is 1. The zero-order valence-corrected chi connectivity index (χ0v) is 11.8. The van der Waals surface area contributed by atoms with E-state index in [-0.39, 0.29) is 5.91 Å². The average molecular weight is 272 g/mol. The molecule has 1 aromatic heterocycles. The summed E-state index contributed by atoms with van der Waals surface area (Å²) in [4.78, 5) is 12.2. The Morgan fingerprint density at radius 3 is 3.00 bits per heavy atom. The third-order valence-corrected chi connectivity index (χ3v) is 4.24. The van der Waals surface area contributed by atoms with Crippen molar-refractivity contribution in [2.24, 2.45) is 5.92 Å². The molecule has 106 valence electrons. The van der Waals surface area contributed by atoms with Crippen LogP contribution in [0.1, 0.15) is 38.3 Å². The van der Waals surface area contributed by atoms with Crippen molar-refractivity contribution in [2.45, 2.75) is 45.1 Å².